The number of thioether (sulfide) groups is 1. The zero-order chi connectivity index (χ0) is 19.4. The SMILES string of the molecule is CC[C@@H](C)OC(=O)CN1C(=O)S/C(=C\c2ccc(-c3ccccc3)o2)C1=O. The van der Waals surface area contributed by atoms with E-state index in [0.717, 1.165) is 22.2 Å². The van der Waals surface area contributed by atoms with E-state index in [2.05, 4.69) is 0 Å². The van der Waals surface area contributed by atoms with E-state index in [1.165, 1.54) is 6.08 Å². The fourth-order valence-electron chi connectivity index (χ4n) is 2.43. The van der Waals surface area contributed by atoms with Gasteiger partial charge in [-0.1, -0.05) is 37.3 Å². The lowest BCUT2D eigenvalue weighted by molar-refractivity contribution is -0.150. The lowest BCUT2D eigenvalue weighted by Gasteiger charge is -2.14. The third-order valence-electron chi connectivity index (χ3n) is 4.03. The van der Waals surface area contributed by atoms with E-state index in [0.29, 0.717) is 17.9 Å². The Morgan fingerprint density at radius 2 is 1.96 bits per heavy atom. The largest absolute Gasteiger partial charge is 0.461 e. The molecule has 2 aromatic rings. The summed E-state index contributed by atoms with van der Waals surface area (Å²) in [7, 11) is 0. The summed E-state index contributed by atoms with van der Waals surface area (Å²) in [5, 5.41) is -0.498. The van der Waals surface area contributed by atoms with Crippen molar-refractivity contribution >= 4 is 35.0 Å². The fourth-order valence-corrected chi connectivity index (χ4v) is 3.25. The molecule has 2 amide bonds. The minimum atomic E-state index is -0.600. The molecule has 1 aromatic heterocycles. The van der Waals surface area contributed by atoms with Gasteiger partial charge < -0.3 is 9.15 Å². The molecule has 3 rings (SSSR count). The number of hydrogen-bond donors (Lipinski definition) is 0. The van der Waals surface area contributed by atoms with Gasteiger partial charge in [0.05, 0.1) is 11.0 Å². The molecule has 0 unspecified atom stereocenters. The highest BCUT2D eigenvalue weighted by Gasteiger charge is 2.37. The molecule has 140 valence electrons. The average Bonchev–Trinajstić information content (AvgIpc) is 3.23. The van der Waals surface area contributed by atoms with Crippen LogP contribution in [0.2, 0.25) is 0 Å². The molecular weight excluding hydrogens is 366 g/mol. The lowest BCUT2D eigenvalue weighted by Crippen LogP contribution is -2.35. The fraction of sp³-hybridized carbons (Fsp3) is 0.250. The summed E-state index contributed by atoms with van der Waals surface area (Å²) in [5.74, 6) is 0.000712. The zero-order valence-electron chi connectivity index (χ0n) is 15.0. The number of esters is 1. The number of hydrogen-bond acceptors (Lipinski definition) is 6. The van der Waals surface area contributed by atoms with Crippen LogP contribution >= 0.6 is 11.8 Å². The molecule has 0 bridgehead atoms. The Hall–Kier alpha value is -2.80. The average molecular weight is 385 g/mol. The predicted molar refractivity (Wildman–Crippen MR) is 103 cm³/mol. The molecule has 27 heavy (non-hydrogen) atoms. The predicted octanol–water partition coefficient (Wildman–Crippen LogP) is 4.32. The molecule has 0 aliphatic carbocycles. The molecular formula is C20H19NO5S. The van der Waals surface area contributed by atoms with Gasteiger partial charge in [-0.15, -0.1) is 0 Å². The van der Waals surface area contributed by atoms with Gasteiger partial charge in [-0.05, 0) is 37.2 Å². The van der Waals surface area contributed by atoms with Crippen LogP contribution < -0.4 is 0 Å². The maximum absolute atomic E-state index is 12.5. The van der Waals surface area contributed by atoms with Crippen LogP contribution in [0.3, 0.4) is 0 Å². The first-order valence-corrected chi connectivity index (χ1v) is 9.39. The number of furan rings is 1. The summed E-state index contributed by atoms with van der Waals surface area (Å²) in [4.78, 5) is 37.5. The summed E-state index contributed by atoms with van der Waals surface area (Å²) in [6.07, 6.45) is 1.92. The van der Waals surface area contributed by atoms with Crippen molar-refractivity contribution in [3.63, 3.8) is 0 Å². The van der Waals surface area contributed by atoms with Crippen molar-refractivity contribution in [1.82, 2.24) is 4.90 Å². The van der Waals surface area contributed by atoms with Crippen LogP contribution in [0.1, 0.15) is 26.0 Å². The summed E-state index contributed by atoms with van der Waals surface area (Å²) < 4.78 is 10.9. The quantitative estimate of drug-likeness (QED) is 0.544. The van der Waals surface area contributed by atoms with Gasteiger partial charge in [0, 0.05) is 11.6 Å². The smallest absolute Gasteiger partial charge is 0.326 e. The molecule has 1 aromatic carbocycles. The van der Waals surface area contributed by atoms with Crippen molar-refractivity contribution in [3.8, 4) is 11.3 Å². The molecule has 0 N–H and O–H groups in total. The van der Waals surface area contributed by atoms with E-state index in [1.54, 1.807) is 19.1 Å². The van der Waals surface area contributed by atoms with Crippen molar-refractivity contribution in [2.24, 2.45) is 0 Å². The number of imide groups is 1. The Morgan fingerprint density at radius 1 is 1.22 bits per heavy atom. The molecule has 1 aliphatic rings. The van der Waals surface area contributed by atoms with Crippen molar-refractivity contribution in [2.75, 3.05) is 6.54 Å². The van der Waals surface area contributed by atoms with Crippen molar-refractivity contribution in [3.05, 3.63) is 53.1 Å². The number of rotatable bonds is 6. The topological polar surface area (TPSA) is 76.8 Å². The van der Waals surface area contributed by atoms with Gasteiger partial charge in [-0.25, -0.2) is 0 Å². The molecule has 2 heterocycles. The Labute approximate surface area is 161 Å². The standard InChI is InChI=1S/C20H19NO5S/c1-3-13(2)25-18(22)12-21-19(23)17(27-20(21)24)11-15-9-10-16(26-15)14-7-5-4-6-8-14/h4-11,13H,3,12H2,1-2H3/b17-11-/t13-/m1/s1. The molecule has 1 atom stereocenters. The number of carbonyl (C=O) groups is 3. The third-order valence-corrected chi connectivity index (χ3v) is 4.93. The summed E-state index contributed by atoms with van der Waals surface area (Å²) in [6, 6.07) is 13.1. The molecule has 6 nitrogen and oxygen atoms in total. The number of ether oxygens (including phenoxy) is 1. The summed E-state index contributed by atoms with van der Waals surface area (Å²) >= 11 is 0.779. The molecule has 0 saturated carbocycles. The van der Waals surface area contributed by atoms with Crippen LogP contribution in [-0.4, -0.2) is 34.7 Å². The van der Waals surface area contributed by atoms with Gasteiger partial charge in [0.2, 0.25) is 0 Å². The van der Waals surface area contributed by atoms with Crippen LogP contribution in [0.15, 0.2) is 51.8 Å². The molecule has 1 aliphatic heterocycles. The van der Waals surface area contributed by atoms with Crippen molar-refractivity contribution in [1.29, 1.82) is 0 Å². The minimum absolute atomic E-state index is 0.213. The molecule has 0 spiro atoms. The molecule has 1 saturated heterocycles. The van der Waals surface area contributed by atoms with Gasteiger partial charge in [0.25, 0.3) is 11.1 Å². The van der Waals surface area contributed by atoms with E-state index in [9.17, 15) is 14.4 Å². The Kier molecular flexibility index (Phi) is 5.81. The second-order valence-corrected chi connectivity index (χ2v) is 7.04. The normalized spacial score (nSPS) is 16.8. The summed E-state index contributed by atoms with van der Waals surface area (Å²) in [6.45, 7) is 3.25. The van der Waals surface area contributed by atoms with Crippen LogP contribution in [0.4, 0.5) is 4.79 Å². The van der Waals surface area contributed by atoms with E-state index < -0.39 is 17.1 Å². The maximum Gasteiger partial charge on any atom is 0.326 e. The highest BCUT2D eigenvalue weighted by molar-refractivity contribution is 8.18. The lowest BCUT2D eigenvalue weighted by atomic mass is 10.2. The van der Waals surface area contributed by atoms with Gasteiger partial charge in [-0.3, -0.25) is 19.3 Å². The van der Waals surface area contributed by atoms with E-state index in [1.807, 2.05) is 37.3 Å². The van der Waals surface area contributed by atoms with Crippen LogP contribution in [0.25, 0.3) is 17.4 Å². The number of amides is 2. The first-order valence-electron chi connectivity index (χ1n) is 8.58. The summed E-state index contributed by atoms with van der Waals surface area (Å²) in [5.41, 5.74) is 0.915. The Morgan fingerprint density at radius 3 is 2.67 bits per heavy atom. The zero-order valence-corrected chi connectivity index (χ0v) is 15.8. The van der Waals surface area contributed by atoms with E-state index in [-0.39, 0.29) is 17.6 Å². The van der Waals surface area contributed by atoms with Gasteiger partial charge in [-0.2, -0.15) is 0 Å². The second-order valence-electron chi connectivity index (χ2n) is 6.04. The number of nitrogens with zero attached hydrogens (tertiary/aromatic N) is 1. The number of benzene rings is 1. The van der Waals surface area contributed by atoms with E-state index in [4.69, 9.17) is 9.15 Å². The Balaban J connectivity index is 1.71. The van der Waals surface area contributed by atoms with Gasteiger partial charge >= 0.3 is 5.97 Å². The molecule has 0 radical (unpaired) electrons. The van der Waals surface area contributed by atoms with Crippen molar-refractivity contribution in [2.45, 2.75) is 26.4 Å². The van der Waals surface area contributed by atoms with E-state index >= 15 is 0 Å². The first-order chi connectivity index (χ1) is 13.0. The number of carbonyl (C=O) groups excluding carboxylic acids is 3. The first kappa shape index (κ1) is 19.0. The third kappa shape index (κ3) is 4.49. The maximum atomic E-state index is 12.5. The molecule has 1 fully saturated rings. The van der Waals surface area contributed by atoms with Crippen LogP contribution in [0, 0.1) is 0 Å². The highest BCUT2D eigenvalue weighted by atomic mass is 32.2. The van der Waals surface area contributed by atoms with Crippen LogP contribution in [-0.2, 0) is 14.3 Å². The Bertz CT molecular complexity index is 887. The van der Waals surface area contributed by atoms with Crippen molar-refractivity contribution < 1.29 is 23.5 Å². The highest BCUT2D eigenvalue weighted by Crippen LogP contribution is 2.33. The van der Waals surface area contributed by atoms with Gasteiger partial charge in [0.15, 0.2) is 0 Å². The molecule has 7 heteroatoms. The minimum Gasteiger partial charge on any atom is -0.461 e. The second kappa shape index (κ2) is 8.26. The van der Waals surface area contributed by atoms with Gasteiger partial charge in [0.1, 0.15) is 18.1 Å². The van der Waals surface area contributed by atoms with Crippen LogP contribution in [0.5, 0.6) is 0 Å². The monoisotopic (exact) mass is 385 g/mol.